The molecule has 2 aromatic carbocycles. The molecule has 0 atom stereocenters. The van der Waals surface area contributed by atoms with Gasteiger partial charge < -0.3 is 0 Å². The van der Waals surface area contributed by atoms with Crippen LogP contribution < -0.4 is 0 Å². The SMILES string of the molecule is CCc1ccc(-c2nc(SCc3ccc(C)cc3)n[nH]2)cc1. The molecule has 3 rings (SSSR count). The van der Waals surface area contributed by atoms with Crippen molar-refractivity contribution in [3.8, 4) is 11.4 Å². The van der Waals surface area contributed by atoms with E-state index in [4.69, 9.17) is 0 Å². The topological polar surface area (TPSA) is 41.6 Å². The van der Waals surface area contributed by atoms with Gasteiger partial charge in [0.1, 0.15) is 0 Å². The highest BCUT2D eigenvalue weighted by atomic mass is 32.2. The number of hydrogen-bond acceptors (Lipinski definition) is 3. The molecule has 0 unspecified atom stereocenters. The van der Waals surface area contributed by atoms with Crippen molar-refractivity contribution in [2.45, 2.75) is 31.2 Å². The molecule has 0 spiro atoms. The molecule has 112 valence electrons. The number of rotatable bonds is 5. The van der Waals surface area contributed by atoms with Gasteiger partial charge in [-0.15, -0.1) is 5.10 Å². The van der Waals surface area contributed by atoms with Crippen molar-refractivity contribution in [2.75, 3.05) is 0 Å². The molecule has 0 saturated heterocycles. The van der Waals surface area contributed by atoms with Crippen molar-refractivity contribution >= 4 is 11.8 Å². The fourth-order valence-electron chi connectivity index (χ4n) is 2.17. The maximum absolute atomic E-state index is 4.56. The fraction of sp³-hybridized carbons (Fsp3) is 0.222. The van der Waals surface area contributed by atoms with Crippen molar-refractivity contribution in [2.24, 2.45) is 0 Å². The van der Waals surface area contributed by atoms with E-state index in [0.29, 0.717) is 0 Å². The Labute approximate surface area is 135 Å². The Balaban J connectivity index is 1.66. The second kappa shape index (κ2) is 6.79. The Kier molecular flexibility index (Phi) is 4.59. The van der Waals surface area contributed by atoms with E-state index in [1.807, 2.05) is 0 Å². The Bertz CT molecular complexity index is 730. The molecule has 0 aliphatic heterocycles. The van der Waals surface area contributed by atoms with Crippen molar-refractivity contribution in [3.63, 3.8) is 0 Å². The molecule has 0 bridgehead atoms. The number of benzene rings is 2. The van der Waals surface area contributed by atoms with Gasteiger partial charge in [-0.05, 0) is 24.5 Å². The zero-order chi connectivity index (χ0) is 15.4. The van der Waals surface area contributed by atoms with Crippen LogP contribution in [0.2, 0.25) is 0 Å². The smallest absolute Gasteiger partial charge is 0.209 e. The molecule has 22 heavy (non-hydrogen) atoms. The number of aryl methyl sites for hydroxylation is 2. The fourth-order valence-corrected chi connectivity index (χ4v) is 2.92. The van der Waals surface area contributed by atoms with E-state index in [1.165, 1.54) is 16.7 Å². The van der Waals surface area contributed by atoms with Gasteiger partial charge in [0.2, 0.25) is 5.16 Å². The summed E-state index contributed by atoms with van der Waals surface area (Å²) in [6, 6.07) is 17.0. The number of hydrogen-bond donors (Lipinski definition) is 1. The van der Waals surface area contributed by atoms with Crippen molar-refractivity contribution in [1.82, 2.24) is 15.2 Å². The molecule has 0 aliphatic carbocycles. The normalized spacial score (nSPS) is 10.8. The number of aromatic amines is 1. The first-order chi connectivity index (χ1) is 10.7. The molecular formula is C18H19N3S. The molecule has 4 heteroatoms. The van der Waals surface area contributed by atoms with Crippen LogP contribution in [-0.2, 0) is 12.2 Å². The summed E-state index contributed by atoms with van der Waals surface area (Å²) in [6.07, 6.45) is 1.05. The standard InChI is InChI=1S/C18H19N3S/c1-3-14-8-10-16(11-9-14)17-19-18(21-20-17)22-12-15-6-4-13(2)5-7-15/h4-11H,3,12H2,1-2H3,(H,19,20,21). The summed E-state index contributed by atoms with van der Waals surface area (Å²) >= 11 is 1.65. The monoisotopic (exact) mass is 309 g/mol. The average molecular weight is 309 g/mol. The molecule has 0 fully saturated rings. The van der Waals surface area contributed by atoms with Crippen LogP contribution >= 0.6 is 11.8 Å². The van der Waals surface area contributed by atoms with Crippen LogP contribution in [0.25, 0.3) is 11.4 Å². The molecule has 1 N–H and O–H groups in total. The van der Waals surface area contributed by atoms with Gasteiger partial charge in [0, 0.05) is 11.3 Å². The summed E-state index contributed by atoms with van der Waals surface area (Å²) in [4.78, 5) is 4.56. The Morgan fingerprint density at radius 2 is 1.64 bits per heavy atom. The summed E-state index contributed by atoms with van der Waals surface area (Å²) < 4.78 is 0. The number of thioether (sulfide) groups is 1. The minimum Gasteiger partial charge on any atom is -0.258 e. The maximum Gasteiger partial charge on any atom is 0.209 e. The first-order valence-corrected chi connectivity index (χ1v) is 8.43. The largest absolute Gasteiger partial charge is 0.258 e. The molecule has 0 amide bonds. The number of nitrogens with zero attached hydrogens (tertiary/aromatic N) is 2. The first-order valence-electron chi connectivity index (χ1n) is 7.44. The predicted molar refractivity (Wildman–Crippen MR) is 91.9 cm³/mol. The zero-order valence-electron chi connectivity index (χ0n) is 12.8. The molecule has 3 aromatic rings. The highest BCUT2D eigenvalue weighted by molar-refractivity contribution is 7.98. The molecule has 3 nitrogen and oxygen atoms in total. The average Bonchev–Trinajstić information content (AvgIpc) is 3.03. The molecule has 0 radical (unpaired) electrons. The quantitative estimate of drug-likeness (QED) is 0.698. The third-order valence-corrected chi connectivity index (χ3v) is 4.51. The van der Waals surface area contributed by atoms with E-state index in [9.17, 15) is 0 Å². The Morgan fingerprint density at radius 1 is 0.955 bits per heavy atom. The number of nitrogens with one attached hydrogen (secondary N) is 1. The first kappa shape index (κ1) is 14.9. The van der Waals surface area contributed by atoms with Gasteiger partial charge in [-0.25, -0.2) is 4.98 Å². The lowest BCUT2D eigenvalue weighted by atomic mass is 10.1. The van der Waals surface area contributed by atoms with Gasteiger partial charge in [-0.2, -0.15) is 0 Å². The van der Waals surface area contributed by atoms with Crippen LogP contribution in [-0.4, -0.2) is 15.2 Å². The Hall–Kier alpha value is -2.07. The van der Waals surface area contributed by atoms with E-state index in [2.05, 4.69) is 77.6 Å². The molecular weight excluding hydrogens is 290 g/mol. The second-order valence-electron chi connectivity index (χ2n) is 5.29. The predicted octanol–water partition coefficient (Wildman–Crippen LogP) is 4.63. The lowest BCUT2D eigenvalue weighted by Crippen LogP contribution is -1.84. The molecule has 0 aliphatic rings. The summed E-state index contributed by atoms with van der Waals surface area (Å²) in [5.74, 6) is 1.71. The van der Waals surface area contributed by atoms with E-state index in [0.717, 1.165) is 28.7 Å². The minimum absolute atomic E-state index is 0.787. The van der Waals surface area contributed by atoms with E-state index in [-0.39, 0.29) is 0 Å². The van der Waals surface area contributed by atoms with Crippen LogP contribution in [0.5, 0.6) is 0 Å². The van der Waals surface area contributed by atoms with Crippen LogP contribution in [0.4, 0.5) is 0 Å². The third-order valence-electron chi connectivity index (χ3n) is 3.59. The highest BCUT2D eigenvalue weighted by Gasteiger charge is 2.06. The third kappa shape index (κ3) is 3.57. The summed E-state index contributed by atoms with van der Waals surface area (Å²) in [5, 5.41) is 8.10. The van der Waals surface area contributed by atoms with E-state index >= 15 is 0 Å². The van der Waals surface area contributed by atoms with Crippen molar-refractivity contribution in [1.29, 1.82) is 0 Å². The second-order valence-corrected chi connectivity index (χ2v) is 6.23. The number of aromatic nitrogens is 3. The summed E-state index contributed by atoms with van der Waals surface area (Å²) in [6.45, 7) is 4.26. The van der Waals surface area contributed by atoms with Crippen molar-refractivity contribution < 1.29 is 0 Å². The van der Waals surface area contributed by atoms with Gasteiger partial charge >= 0.3 is 0 Å². The van der Waals surface area contributed by atoms with Crippen LogP contribution in [0.15, 0.2) is 53.7 Å². The van der Waals surface area contributed by atoms with Gasteiger partial charge in [0.25, 0.3) is 0 Å². The van der Waals surface area contributed by atoms with Crippen LogP contribution in [0.1, 0.15) is 23.6 Å². The lowest BCUT2D eigenvalue weighted by Gasteiger charge is -1.99. The number of H-pyrrole nitrogens is 1. The van der Waals surface area contributed by atoms with Gasteiger partial charge in [-0.1, -0.05) is 72.8 Å². The molecule has 1 heterocycles. The van der Waals surface area contributed by atoms with E-state index < -0.39 is 0 Å². The summed E-state index contributed by atoms with van der Waals surface area (Å²) in [5.41, 5.74) is 4.97. The van der Waals surface area contributed by atoms with Gasteiger partial charge in [0.15, 0.2) is 5.82 Å². The highest BCUT2D eigenvalue weighted by Crippen LogP contribution is 2.22. The van der Waals surface area contributed by atoms with Gasteiger partial charge in [-0.3, -0.25) is 5.10 Å². The lowest BCUT2D eigenvalue weighted by molar-refractivity contribution is 0.973. The summed E-state index contributed by atoms with van der Waals surface area (Å²) in [7, 11) is 0. The minimum atomic E-state index is 0.787. The Morgan fingerprint density at radius 3 is 2.32 bits per heavy atom. The molecule has 1 aromatic heterocycles. The van der Waals surface area contributed by atoms with Gasteiger partial charge in [0.05, 0.1) is 0 Å². The molecule has 0 saturated carbocycles. The van der Waals surface area contributed by atoms with E-state index in [1.54, 1.807) is 11.8 Å². The maximum atomic E-state index is 4.56. The van der Waals surface area contributed by atoms with Crippen LogP contribution in [0, 0.1) is 6.92 Å². The van der Waals surface area contributed by atoms with Crippen molar-refractivity contribution in [3.05, 3.63) is 65.2 Å². The van der Waals surface area contributed by atoms with Crippen LogP contribution in [0.3, 0.4) is 0 Å². The zero-order valence-corrected chi connectivity index (χ0v) is 13.7.